The fraction of sp³-hybridized carbons (Fsp3) is 0.400. The zero-order valence-electron chi connectivity index (χ0n) is 7.69. The predicted molar refractivity (Wildman–Crippen MR) is 57.5 cm³/mol. The fourth-order valence-corrected chi connectivity index (χ4v) is 1.74. The van der Waals surface area contributed by atoms with E-state index in [0.29, 0.717) is 18.2 Å². The number of hydrogen-bond donors (Lipinski definition) is 1. The van der Waals surface area contributed by atoms with Gasteiger partial charge in [-0.15, -0.1) is 0 Å². The topological polar surface area (TPSA) is 50.2 Å². The van der Waals surface area contributed by atoms with Crippen LogP contribution in [0, 0.1) is 5.92 Å². The average molecular weight is 258 g/mol. The molecule has 0 aliphatic heterocycles. The van der Waals surface area contributed by atoms with Gasteiger partial charge in [-0.25, -0.2) is 0 Å². The summed E-state index contributed by atoms with van der Waals surface area (Å²) < 4.78 is 0. The van der Waals surface area contributed by atoms with Crippen LogP contribution in [0.25, 0.3) is 0 Å². The smallest absolute Gasteiger partial charge is 0.307 e. The monoisotopic (exact) mass is 257 g/mol. The van der Waals surface area contributed by atoms with Crippen LogP contribution in [0.3, 0.4) is 0 Å². The predicted octanol–water partition coefficient (Wildman–Crippen LogP) is 2.11. The van der Waals surface area contributed by atoms with Crippen molar-refractivity contribution in [2.75, 3.05) is 5.33 Å². The molecule has 1 N–H and O–H groups in total. The summed E-state index contributed by atoms with van der Waals surface area (Å²) in [7, 11) is 0. The van der Waals surface area contributed by atoms with Crippen molar-refractivity contribution in [2.45, 2.75) is 12.8 Å². The third kappa shape index (κ3) is 3.46. The molecule has 1 heterocycles. The number of alkyl halides is 1. The van der Waals surface area contributed by atoms with E-state index < -0.39 is 5.97 Å². The molecule has 4 heteroatoms. The van der Waals surface area contributed by atoms with E-state index in [4.69, 9.17) is 5.11 Å². The van der Waals surface area contributed by atoms with Crippen molar-refractivity contribution in [3.05, 3.63) is 30.1 Å². The number of carboxylic acids is 1. The molecule has 1 aromatic heterocycles. The lowest BCUT2D eigenvalue weighted by Crippen LogP contribution is -2.16. The molecule has 1 atom stereocenters. The Morgan fingerprint density at radius 1 is 1.57 bits per heavy atom. The second kappa shape index (κ2) is 5.75. The lowest BCUT2D eigenvalue weighted by Gasteiger charge is -2.07. The first-order valence-electron chi connectivity index (χ1n) is 4.42. The largest absolute Gasteiger partial charge is 0.481 e. The molecule has 0 aromatic carbocycles. The molecular weight excluding hydrogens is 246 g/mol. The van der Waals surface area contributed by atoms with Crippen LogP contribution in [0.1, 0.15) is 12.1 Å². The van der Waals surface area contributed by atoms with Crippen molar-refractivity contribution < 1.29 is 9.90 Å². The molecule has 0 fully saturated rings. The van der Waals surface area contributed by atoms with Gasteiger partial charge in [0.2, 0.25) is 0 Å². The van der Waals surface area contributed by atoms with E-state index in [-0.39, 0.29) is 5.92 Å². The van der Waals surface area contributed by atoms with Crippen LogP contribution in [0.15, 0.2) is 24.4 Å². The minimum Gasteiger partial charge on any atom is -0.481 e. The summed E-state index contributed by atoms with van der Waals surface area (Å²) in [5.74, 6) is -1.07. The van der Waals surface area contributed by atoms with Crippen molar-refractivity contribution >= 4 is 21.9 Å². The molecule has 76 valence electrons. The summed E-state index contributed by atoms with van der Waals surface area (Å²) in [4.78, 5) is 14.8. The van der Waals surface area contributed by atoms with Crippen LogP contribution >= 0.6 is 15.9 Å². The lowest BCUT2D eigenvalue weighted by atomic mass is 10.0. The van der Waals surface area contributed by atoms with Crippen LogP contribution < -0.4 is 0 Å². The molecule has 1 aromatic rings. The maximum atomic E-state index is 10.7. The van der Waals surface area contributed by atoms with E-state index in [1.807, 2.05) is 18.2 Å². The third-order valence-electron chi connectivity index (χ3n) is 2.01. The van der Waals surface area contributed by atoms with E-state index in [2.05, 4.69) is 20.9 Å². The summed E-state index contributed by atoms with van der Waals surface area (Å²) in [5.41, 5.74) is 0.944. The zero-order chi connectivity index (χ0) is 10.4. The minimum absolute atomic E-state index is 0.322. The molecule has 0 aliphatic rings. The highest BCUT2D eigenvalue weighted by Gasteiger charge is 2.15. The molecule has 0 saturated heterocycles. The fourth-order valence-electron chi connectivity index (χ4n) is 1.13. The molecule has 0 saturated carbocycles. The van der Waals surface area contributed by atoms with Crippen LogP contribution in [-0.2, 0) is 11.2 Å². The van der Waals surface area contributed by atoms with Gasteiger partial charge < -0.3 is 5.11 Å². The van der Waals surface area contributed by atoms with Crippen LogP contribution in [0.4, 0.5) is 0 Å². The average Bonchev–Trinajstić information content (AvgIpc) is 2.20. The number of halogens is 1. The van der Waals surface area contributed by atoms with Gasteiger partial charge >= 0.3 is 5.97 Å². The van der Waals surface area contributed by atoms with Crippen LogP contribution in [0.2, 0.25) is 0 Å². The van der Waals surface area contributed by atoms with Gasteiger partial charge in [0.05, 0.1) is 5.92 Å². The number of hydrogen-bond acceptors (Lipinski definition) is 2. The summed E-state index contributed by atoms with van der Waals surface area (Å²) in [6.07, 6.45) is 3.06. The maximum Gasteiger partial charge on any atom is 0.307 e. The van der Waals surface area contributed by atoms with Gasteiger partial charge in [-0.2, -0.15) is 0 Å². The normalized spacial score (nSPS) is 12.4. The molecule has 1 rings (SSSR count). The van der Waals surface area contributed by atoms with Gasteiger partial charge in [-0.1, -0.05) is 22.0 Å². The molecule has 0 amide bonds. The van der Waals surface area contributed by atoms with E-state index in [0.717, 1.165) is 5.69 Å². The molecule has 1 unspecified atom stereocenters. The molecular formula is C10H12BrNO2. The Balaban J connectivity index is 2.44. The number of carbonyl (C=O) groups is 1. The van der Waals surface area contributed by atoms with Crippen molar-refractivity contribution in [2.24, 2.45) is 5.92 Å². The number of aliphatic carboxylic acids is 1. The second-order valence-corrected chi connectivity index (χ2v) is 3.70. The number of aromatic nitrogens is 1. The van der Waals surface area contributed by atoms with Crippen LogP contribution in [0.5, 0.6) is 0 Å². The van der Waals surface area contributed by atoms with Crippen molar-refractivity contribution in [1.82, 2.24) is 4.98 Å². The van der Waals surface area contributed by atoms with Gasteiger partial charge in [0.15, 0.2) is 0 Å². The summed E-state index contributed by atoms with van der Waals surface area (Å²) in [5, 5.41) is 9.30. The Morgan fingerprint density at radius 2 is 2.36 bits per heavy atom. The Morgan fingerprint density at radius 3 is 2.86 bits per heavy atom. The van der Waals surface area contributed by atoms with Gasteiger partial charge in [0, 0.05) is 17.2 Å². The maximum absolute atomic E-state index is 10.7. The SMILES string of the molecule is O=C(O)C(CBr)CCc1ccccn1. The number of pyridine rings is 1. The van der Waals surface area contributed by atoms with Gasteiger partial charge in [-0.05, 0) is 25.0 Å². The van der Waals surface area contributed by atoms with Crippen molar-refractivity contribution in [3.63, 3.8) is 0 Å². The number of nitrogens with zero attached hydrogens (tertiary/aromatic N) is 1. The first kappa shape index (κ1) is 11.2. The molecule has 3 nitrogen and oxygen atoms in total. The third-order valence-corrected chi connectivity index (χ3v) is 2.79. The zero-order valence-corrected chi connectivity index (χ0v) is 9.27. The molecule has 0 bridgehead atoms. The first-order chi connectivity index (χ1) is 6.74. The standard InChI is InChI=1S/C10H12BrNO2/c11-7-8(10(13)14)4-5-9-3-1-2-6-12-9/h1-3,6,8H,4-5,7H2,(H,13,14). The summed E-state index contributed by atoms with van der Waals surface area (Å²) in [6.45, 7) is 0. The highest BCUT2D eigenvalue weighted by Crippen LogP contribution is 2.11. The van der Waals surface area contributed by atoms with Gasteiger partial charge in [-0.3, -0.25) is 9.78 Å². The number of carboxylic acid groups (broad SMARTS) is 1. The number of rotatable bonds is 5. The highest BCUT2D eigenvalue weighted by molar-refractivity contribution is 9.09. The van der Waals surface area contributed by atoms with E-state index in [1.54, 1.807) is 6.20 Å². The van der Waals surface area contributed by atoms with Gasteiger partial charge in [0.1, 0.15) is 0 Å². The first-order valence-corrected chi connectivity index (χ1v) is 5.55. The quantitative estimate of drug-likeness (QED) is 0.823. The van der Waals surface area contributed by atoms with E-state index in [9.17, 15) is 4.79 Å². The minimum atomic E-state index is -0.752. The molecule has 14 heavy (non-hydrogen) atoms. The Kier molecular flexibility index (Phi) is 4.59. The van der Waals surface area contributed by atoms with Crippen molar-refractivity contribution in [1.29, 1.82) is 0 Å². The Labute approximate surface area is 91.3 Å². The second-order valence-electron chi connectivity index (χ2n) is 3.05. The van der Waals surface area contributed by atoms with Crippen molar-refractivity contribution in [3.8, 4) is 0 Å². The molecule has 0 aliphatic carbocycles. The lowest BCUT2D eigenvalue weighted by molar-refractivity contribution is -0.141. The Bertz CT molecular complexity index is 289. The summed E-state index contributed by atoms with van der Waals surface area (Å²) >= 11 is 3.19. The molecule has 0 spiro atoms. The Hall–Kier alpha value is -0.900. The molecule has 0 radical (unpaired) electrons. The van der Waals surface area contributed by atoms with Gasteiger partial charge in [0.25, 0.3) is 0 Å². The summed E-state index contributed by atoms with van der Waals surface area (Å²) in [6, 6.07) is 5.67. The number of aryl methyl sites for hydroxylation is 1. The van der Waals surface area contributed by atoms with Crippen LogP contribution in [-0.4, -0.2) is 21.4 Å². The van der Waals surface area contributed by atoms with E-state index >= 15 is 0 Å². The highest BCUT2D eigenvalue weighted by atomic mass is 79.9. The van der Waals surface area contributed by atoms with E-state index in [1.165, 1.54) is 0 Å².